The Morgan fingerprint density at radius 3 is 2.75 bits per heavy atom. The predicted octanol–water partition coefficient (Wildman–Crippen LogP) is 3.18. The summed E-state index contributed by atoms with van der Waals surface area (Å²) in [6.45, 7) is 4.72. The second-order valence-corrected chi connectivity index (χ2v) is 6.79. The molecule has 1 fully saturated rings. The summed E-state index contributed by atoms with van der Waals surface area (Å²) in [5.74, 6) is 1.25. The average Bonchev–Trinajstić information content (AvgIpc) is 3.28. The first-order valence-corrected chi connectivity index (χ1v) is 8.99. The minimum Gasteiger partial charge on any atom is -0.454 e. The number of ether oxygens (including phenoxy) is 3. The molecular weight excluding hydrogens is 362 g/mol. The van der Waals surface area contributed by atoms with Gasteiger partial charge in [-0.05, 0) is 49.2 Å². The maximum atomic E-state index is 12.2. The molecular formula is C20H21N3O5. The molecule has 2 N–H and O–H groups in total. The highest BCUT2D eigenvalue weighted by atomic mass is 16.7. The van der Waals surface area contributed by atoms with Gasteiger partial charge >= 0.3 is 12.1 Å². The Balaban J connectivity index is 1.32. The Bertz CT molecular complexity index is 930. The fourth-order valence-corrected chi connectivity index (χ4v) is 3.09. The number of amides is 3. The molecule has 1 saturated heterocycles. The maximum Gasteiger partial charge on any atom is 0.414 e. The minimum absolute atomic E-state index is 0.172. The van der Waals surface area contributed by atoms with Crippen molar-refractivity contribution >= 4 is 23.5 Å². The van der Waals surface area contributed by atoms with E-state index < -0.39 is 12.2 Å². The highest BCUT2D eigenvalue weighted by Crippen LogP contribution is 2.36. The Kier molecular flexibility index (Phi) is 4.68. The largest absolute Gasteiger partial charge is 0.454 e. The summed E-state index contributed by atoms with van der Waals surface area (Å²) < 4.78 is 16.0. The predicted molar refractivity (Wildman–Crippen MR) is 103 cm³/mol. The van der Waals surface area contributed by atoms with E-state index >= 15 is 0 Å². The fraction of sp³-hybridized carbons (Fsp3) is 0.300. The number of aryl methyl sites for hydroxylation is 2. The number of carbonyl (C=O) groups is 2. The van der Waals surface area contributed by atoms with Gasteiger partial charge in [-0.25, -0.2) is 9.59 Å². The third-order valence-corrected chi connectivity index (χ3v) is 4.80. The number of cyclic esters (lactones) is 1. The Labute approximate surface area is 162 Å². The van der Waals surface area contributed by atoms with Crippen molar-refractivity contribution in [2.75, 3.05) is 30.1 Å². The lowest BCUT2D eigenvalue weighted by Gasteiger charge is -2.14. The molecule has 2 aliphatic rings. The molecule has 2 aliphatic heterocycles. The average molecular weight is 383 g/mol. The Morgan fingerprint density at radius 2 is 1.93 bits per heavy atom. The molecule has 2 aromatic carbocycles. The first-order chi connectivity index (χ1) is 13.5. The zero-order valence-corrected chi connectivity index (χ0v) is 15.7. The van der Waals surface area contributed by atoms with Gasteiger partial charge in [-0.15, -0.1) is 0 Å². The van der Waals surface area contributed by atoms with E-state index in [1.807, 2.05) is 32.0 Å². The lowest BCUT2D eigenvalue weighted by atomic mass is 10.1. The molecule has 2 aromatic rings. The number of rotatable bonds is 4. The van der Waals surface area contributed by atoms with Gasteiger partial charge in [-0.3, -0.25) is 4.90 Å². The smallest absolute Gasteiger partial charge is 0.414 e. The van der Waals surface area contributed by atoms with E-state index in [9.17, 15) is 9.59 Å². The van der Waals surface area contributed by atoms with Crippen LogP contribution in [-0.4, -0.2) is 38.1 Å². The first-order valence-electron chi connectivity index (χ1n) is 8.99. The van der Waals surface area contributed by atoms with Crippen molar-refractivity contribution in [2.45, 2.75) is 20.0 Å². The van der Waals surface area contributed by atoms with Crippen molar-refractivity contribution in [1.82, 2.24) is 5.32 Å². The SMILES string of the molecule is Cc1ccc(NC(=O)NC[C@@H]2CN(c3ccc4c(c3)OCO4)C(=O)O2)cc1C. The molecule has 146 valence electrons. The Hall–Kier alpha value is -3.42. The number of fused-ring (bicyclic) bond motifs is 1. The van der Waals surface area contributed by atoms with Gasteiger partial charge in [0.25, 0.3) is 0 Å². The van der Waals surface area contributed by atoms with Crippen LogP contribution in [0.2, 0.25) is 0 Å². The van der Waals surface area contributed by atoms with E-state index in [4.69, 9.17) is 14.2 Å². The zero-order valence-electron chi connectivity index (χ0n) is 15.7. The van der Waals surface area contributed by atoms with E-state index in [0.717, 1.165) is 11.1 Å². The number of nitrogens with zero attached hydrogens (tertiary/aromatic N) is 1. The van der Waals surface area contributed by atoms with Gasteiger partial charge in [0.15, 0.2) is 11.5 Å². The van der Waals surface area contributed by atoms with Gasteiger partial charge in [-0.2, -0.15) is 0 Å². The van der Waals surface area contributed by atoms with Crippen molar-refractivity contribution < 1.29 is 23.8 Å². The maximum absolute atomic E-state index is 12.2. The topological polar surface area (TPSA) is 89.1 Å². The van der Waals surface area contributed by atoms with Crippen LogP contribution in [0.25, 0.3) is 0 Å². The number of hydrogen-bond acceptors (Lipinski definition) is 5. The molecule has 0 spiro atoms. The number of hydrogen-bond donors (Lipinski definition) is 2. The summed E-state index contributed by atoms with van der Waals surface area (Å²) in [6.07, 6.45) is -0.899. The summed E-state index contributed by atoms with van der Waals surface area (Å²) in [7, 11) is 0. The quantitative estimate of drug-likeness (QED) is 0.847. The number of benzene rings is 2. The lowest BCUT2D eigenvalue weighted by molar-refractivity contribution is 0.141. The van der Waals surface area contributed by atoms with E-state index in [2.05, 4.69) is 10.6 Å². The molecule has 2 heterocycles. The van der Waals surface area contributed by atoms with Crippen LogP contribution >= 0.6 is 0 Å². The first kappa shape index (κ1) is 18.0. The van der Waals surface area contributed by atoms with Crippen molar-refractivity contribution in [3.8, 4) is 11.5 Å². The summed E-state index contributed by atoms with van der Waals surface area (Å²) in [4.78, 5) is 25.8. The summed E-state index contributed by atoms with van der Waals surface area (Å²) in [5, 5.41) is 5.52. The highest BCUT2D eigenvalue weighted by Gasteiger charge is 2.33. The van der Waals surface area contributed by atoms with Gasteiger partial charge < -0.3 is 24.8 Å². The van der Waals surface area contributed by atoms with Crippen LogP contribution in [0.5, 0.6) is 11.5 Å². The summed E-state index contributed by atoms with van der Waals surface area (Å²) in [5.41, 5.74) is 3.64. The molecule has 0 aromatic heterocycles. The van der Waals surface area contributed by atoms with E-state index in [-0.39, 0.29) is 19.4 Å². The van der Waals surface area contributed by atoms with Crippen LogP contribution in [0.4, 0.5) is 21.0 Å². The van der Waals surface area contributed by atoms with Crippen molar-refractivity contribution in [2.24, 2.45) is 0 Å². The molecule has 0 bridgehead atoms. The Morgan fingerprint density at radius 1 is 1.11 bits per heavy atom. The van der Waals surface area contributed by atoms with Gasteiger partial charge in [-0.1, -0.05) is 6.07 Å². The fourth-order valence-electron chi connectivity index (χ4n) is 3.09. The molecule has 4 rings (SSSR count). The summed E-state index contributed by atoms with van der Waals surface area (Å²) in [6, 6.07) is 10.6. The van der Waals surface area contributed by atoms with Crippen molar-refractivity contribution in [3.63, 3.8) is 0 Å². The van der Waals surface area contributed by atoms with Crippen molar-refractivity contribution in [1.29, 1.82) is 0 Å². The van der Waals surface area contributed by atoms with Gasteiger partial charge in [0, 0.05) is 11.8 Å². The third kappa shape index (κ3) is 3.66. The van der Waals surface area contributed by atoms with Gasteiger partial charge in [0.1, 0.15) is 6.10 Å². The molecule has 8 nitrogen and oxygen atoms in total. The molecule has 0 unspecified atom stereocenters. The van der Waals surface area contributed by atoms with Crippen LogP contribution in [0, 0.1) is 13.8 Å². The van der Waals surface area contributed by atoms with Crippen LogP contribution in [0.3, 0.4) is 0 Å². The lowest BCUT2D eigenvalue weighted by Crippen LogP contribution is -2.37. The standard InChI is InChI=1S/C20H21N3O5/c1-12-3-4-14(7-13(12)2)22-19(24)21-9-16-10-23(20(25)28-16)15-5-6-17-18(8-15)27-11-26-17/h3-8,16H,9-11H2,1-2H3,(H2,21,22,24)/t16-/m1/s1. The van der Waals surface area contributed by atoms with Gasteiger partial charge in [0.2, 0.25) is 6.79 Å². The number of carbonyl (C=O) groups excluding carboxylic acids is 2. The van der Waals surface area contributed by atoms with Gasteiger partial charge in [0.05, 0.1) is 18.8 Å². The third-order valence-electron chi connectivity index (χ3n) is 4.80. The van der Waals surface area contributed by atoms with E-state index in [1.165, 1.54) is 4.90 Å². The number of urea groups is 1. The molecule has 28 heavy (non-hydrogen) atoms. The number of anilines is 2. The monoisotopic (exact) mass is 383 g/mol. The second kappa shape index (κ2) is 7.30. The molecule has 0 saturated carbocycles. The minimum atomic E-state index is -0.458. The van der Waals surface area contributed by atoms with E-state index in [0.29, 0.717) is 29.4 Å². The van der Waals surface area contributed by atoms with E-state index in [1.54, 1.807) is 18.2 Å². The van der Waals surface area contributed by atoms with Crippen LogP contribution in [-0.2, 0) is 4.74 Å². The molecule has 0 radical (unpaired) electrons. The highest BCUT2D eigenvalue weighted by molar-refractivity contribution is 5.91. The molecule has 1 atom stereocenters. The molecule has 8 heteroatoms. The second-order valence-electron chi connectivity index (χ2n) is 6.79. The molecule has 3 amide bonds. The van der Waals surface area contributed by atoms with Crippen LogP contribution in [0.1, 0.15) is 11.1 Å². The number of nitrogens with one attached hydrogen (secondary N) is 2. The van der Waals surface area contributed by atoms with Crippen molar-refractivity contribution in [3.05, 3.63) is 47.5 Å². The van der Waals surface area contributed by atoms with Crippen LogP contribution < -0.4 is 25.0 Å². The molecule has 0 aliphatic carbocycles. The van der Waals surface area contributed by atoms with Crippen LogP contribution in [0.15, 0.2) is 36.4 Å². The summed E-state index contributed by atoms with van der Waals surface area (Å²) >= 11 is 0. The normalized spacial score (nSPS) is 17.4. The zero-order chi connectivity index (χ0) is 19.7.